The second-order valence-corrected chi connectivity index (χ2v) is 6.18. The third-order valence-corrected chi connectivity index (χ3v) is 5.07. The van der Waals surface area contributed by atoms with Crippen LogP contribution in [0.4, 0.5) is 0 Å². The second kappa shape index (κ2) is 4.29. The number of hydrogen-bond donors (Lipinski definition) is 0. The van der Waals surface area contributed by atoms with Crippen LogP contribution in [0.1, 0.15) is 29.6 Å². The number of carbonyl (C=O) groups excluding carboxylic acids is 1. The number of fused-ring (bicyclic) bond motifs is 2. The van der Waals surface area contributed by atoms with Crippen molar-refractivity contribution in [2.24, 2.45) is 5.92 Å². The summed E-state index contributed by atoms with van der Waals surface area (Å²) in [5.41, 5.74) is 0.700. The Morgan fingerprint density at radius 2 is 2.24 bits per heavy atom. The molecule has 4 heteroatoms. The molecule has 2 fully saturated rings. The lowest BCUT2D eigenvalue weighted by molar-refractivity contribution is 0.0703. The molecule has 90 valence electrons. The van der Waals surface area contributed by atoms with E-state index in [1.54, 1.807) is 6.07 Å². The summed E-state index contributed by atoms with van der Waals surface area (Å²) < 4.78 is 0.832. The largest absolute Gasteiger partial charge is 0.335 e. The Morgan fingerprint density at radius 3 is 2.82 bits per heavy atom. The first kappa shape index (κ1) is 11.5. The van der Waals surface area contributed by atoms with Crippen LogP contribution in [0.2, 0.25) is 5.02 Å². The summed E-state index contributed by atoms with van der Waals surface area (Å²) in [7, 11) is 0. The van der Waals surface area contributed by atoms with Crippen LogP contribution in [0.25, 0.3) is 0 Å². The fraction of sp³-hybridized carbons (Fsp3) is 0.462. The molecule has 1 heterocycles. The topological polar surface area (TPSA) is 20.3 Å². The van der Waals surface area contributed by atoms with Gasteiger partial charge in [0.1, 0.15) is 0 Å². The Labute approximate surface area is 114 Å². The molecule has 1 aliphatic carbocycles. The number of halogens is 2. The highest BCUT2D eigenvalue weighted by Crippen LogP contribution is 2.38. The van der Waals surface area contributed by atoms with Gasteiger partial charge in [0.25, 0.3) is 5.91 Å². The van der Waals surface area contributed by atoms with Crippen molar-refractivity contribution in [3.05, 3.63) is 33.3 Å². The molecule has 0 spiro atoms. The van der Waals surface area contributed by atoms with Crippen LogP contribution in [0.5, 0.6) is 0 Å². The van der Waals surface area contributed by atoms with Crippen molar-refractivity contribution in [2.45, 2.75) is 25.3 Å². The highest BCUT2D eigenvalue weighted by molar-refractivity contribution is 9.10. The predicted molar refractivity (Wildman–Crippen MR) is 71.3 cm³/mol. The molecule has 1 aromatic rings. The van der Waals surface area contributed by atoms with E-state index >= 15 is 0 Å². The SMILES string of the molecule is O=C(c1ccc(Br)c(Cl)c1)N1CC2CCC1C2. The van der Waals surface area contributed by atoms with Gasteiger partial charge in [-0.2, -0.15) is 0 Å². The minimum absolute atomic E-state index is 0.131. The quantitative estimate of drug-likeness (QED) is 0.773. The molecule has 2 bridgehead atoms. The van der Waals surface area contributed by atoms with Crippen molar-refractivity contribution in [1.29, 1.82) is 0 Å². The molecule has 0 aromatic heterocycles. The molecule has 2 unspecified atom stereocenters. The van der Waals surface area contributed by atoms with Crippen LogP contribution in [-0.2, 0) is 0 Å². The summed E-state index contributed by atoms with van der Waals surface area (Å²) in [6.45, 7) is 0.928. The maximum Gasteiger partial charge on any atom is 0.254 e. The Kier molecular flexibility index (Phi) is 2.91. The highest BCUT2D eigenvalue weighted by atomic mass is 79.9. The van der Waals surface area contributed by atoms with Crippen LogP contribution in [0.15, 0.2) is 22.7 Å². The second-order valence-electron chi connectivity index (χ2n) is 4.92. The van der Waals surface area contributed by atoms with Gasteiger partial charge in [-0.3, -0.25) is 4.79 Å². The number of likely N-dealkylation sites (tertiary alicyclic amines) is 1. The monoisotopic (exact) mass is 313 g/mol. The molecular weight excluding hydrogens is 302 g/mol. The van der Waals surface area contributed by atoms with E-state index in [-0.39, 0.29) is 5.91 Å². The van der Waals surface area contributed by atoms with Gasteiger partial charge in [-0.25, -0.2) is 0 Å². The number of benzene rings is 1. The number of amides is 1. The molecule has 1 amide bonds. The van der Waals surface area contributed by atoms with Crippen LogP contribution in [0.3, 0.4) is 0 Å². The van der Waals surface area contributed by atoms with Gasteiger partial charge in [0.15, 0.2) is 0 Å². The van der Waals surface area contributed by atoms with Crippen molar-refractivity contribution in [3.63, 3.8) is 0 Å². The zero-order valence-electron chi connectivity index (χ0n) is 9.33. The summed E-state index contributed by atoms with van der Waals surface area (Å²) in [6, 6.07) is 5.89. The first-order valence-electron chi connectivity index (χ1n) is 5.91. The van der Waals surface area contributed by atoms with Gasteiger partial charge in [0, 0.05) is 22.6 Å². The summed E-state index contributed by atoms with van der Waals surface area (Å²) in [6.07, 6.45) is 3.65. The molecule has 1 aliphatic heterocycles. The van der Waals surface area contributed by atoms with E-state index in [1.165, 1.54) is 19.3 Å². The molecule has 2 aliphatic rings. The molecule has 1 saturated carbocycles. The summed E-state index contributed by atoms with van der Waals surface area (Å²) >= 11 is 9.36. The molecule has 2 nitrogen and oxygen atoms in total. The predicted octanol–water partition coefficient (Wildman–Crippen LogP) is 3.73. The van der Waals surface area contributed by atoms with Crippen LogP contribution in [-0.4, -0.2) is 23.4 Å². The van der Waals surface area contributed by atoms with E-state index in [0.717, 1.165) is 16.9 Å². The molecule has 1 saturated heterocycles. The van der Waals surface area contributed by atoms with E-state index in [0.29, 0.717) is 16.6 Å². The molecule has 1 aromatic carbocycles. The average molecular weight is 315 g/mol. The Balaban J connectivity index is 1.84. The van der Waals surface area contributed by atoms with E-state index < -0.39 is 0 Å². The zero-order valence-corrected chi connectivity index (χ0v) is 11.7. The van der Waals surface area contributed by atoms with E-state index in [1.807, 2.05) is 17.0 Å². The lowest BCUT2D eigenvalue weighted by Crippen LogP contribution is -2.37. The first-order valence-corrected chi connectivity index (χ1v) is 7.08. The third kappa shape index (κ3) is 2.00. The highest BCUT2D eigenvalue weighted by Gasteiger charge is 2.40. The average Bonchev–Trinajstić information content (AvgIpc) is 2.93. The fourth-order valence-corrected chi connectivity index (χ4v) is 3.40. The third-order valence-electron chi connectivity index (χ3n) is 3.84. The maximum absolute atomic E-state index is 12.4. The number of carbonyl (C=O) groups is 1. The molecule has 17 heavy (non-hydrogen) atoms. The number of piperidine rings is 1. The summed E-state index contributed by atoms with van der Waals surface area (Å²) in [5, 5.41) is 0.597. The van der Waals surface area contributed by atoms with Crippen molar-refractivity contribution >= 4 is 33.4 Å². The normalized spacial score (nSPS) is 26.6. The van der Waals surface area contributed by atoms with Crippen LogP contribution >= 0.6 is 27.5 Å². The Hall–Kier alpha value is -0.540. The Bertz CT molecular complexity index is 476. The van der Waals surface area contributed by atoms with Gasteiger partial charge >= 0.3 is 0 Å². The van der Waals surface area contributed by atoms with Crippen molar-refractivity contribution < 1.29 is 4.79 Å². The molecule has 0 radical (unpaired) electrons. The zero-order chi connectivity index (χ0) is 12.0. The van der Waals surface area contributed by atoms with Gasteiger partial charge in [-0.15, -0.1) is 0 Å². The van der Waals surface area contributed by atoms with Crippen molar-refractivity contribution in [2.75, 3.05) is 6.54 Å². The van der Waals surface area contributed by atoms with Gasteiger partial charge in [-0.05, 0) is 59.3 Å². The van der Waals surface area contributed by atoms with Crippen LogP contribution < -0.4 is 0 Å². The lowest BCUT2D eigenvalue weighted by Gasteiger charge is -2.27. The van der Waals surface area contributed by atoms with Gasteiger partial charge in [-0.1, -0.05) is 11.6 Å². The van der Waals surface area contributed by atoms with Crippen molar-refractivity contribution in [3.8, 4) is 0 Å². The number of rotatable bonds is 1. The molecule has 3 rings (SSSR count). The standard InChI is InChI=1S/C13H13BrClNO/c14-11-4-2-9(6-12(11)15)13(17)16-7-8-1-3-10(16)5-8/h2,4,6,8,10H,1,3,5,7H2. The summed E-state index contributed by atoms with van der Waals surface area (Å²) in [4.78, 5) is 14.4. The lowest BCUT2D eigenvalue weighted by atomic mass is 10.1. The minimum Gasteiger partial charge on any atom is -0.335 e. The number of hydrogen-bond acceptors (Lipinski definition) is 1. The van der Waals surface area contributed by atoms with E-state index in [4.69, 9.17) is 11.6 Å². The van der Waals surface area contributed by atoms with Gasteiger partial charge < -0.3 is 4.90 Å². The van der Waals surface area contributed by atoms with E-state index in [9.17, 15) is 4.79 Å². The Morgan fingerprint density at radius 1 is 1.41 bits per heavy atom. The molecule has 0 N–H and O–H groups in total. The number of nitrogens with zero attached hydrogens (tertiary/aromatic N) is 1. The minimum atomic E-state index is 0.131. The molecule has 2 atom stereocenters. The van der Waals surface area contributed by atoms with Crippen LogP contribution in [0, 0.1) is 5.92 Å². The molecular formula is C13H13BrClNO. The fourth-order valence-electron chi connectivity index (χ4n) is 2.97. The van der Waals surface area contributed by atoms with E-state index in [2.05, 4.69) is 15.9 Å². The summed E-state index contributed by atoms with van der Waals surface area (Å²) in [5.74, 6) is 0.862. The van der Waals surface area contributed by atoms with Gasteiger partial charge in [0.2, 0.25) is 0 Å². The first-order chi connectivity index (χ1) is 8.15. The smallest absolute Gasteiger partial charge is 0.254 e. The maximum atomic E-state index is 12.4. The van der Waals surface area contributed by atoms with Crippen molar-refractivity contribution in [1.82, 2.24) is 4.90 Å². The van der Waals surface area contributed by atoms with Gasteiger partial charge in [0.05, 0.1) is 5.02 Å².